The van der Waals surface area contributed by atoms with Crippen LogP contribution in [0.3, 0.4) is 0 Å². The van der Waals surface area contributed by atoms with Crippen molar-refractivity contribution in [3.8, 4) is 6.07 Å². The molecule has 0 fully saturated rings. The molecule has 0 saturated carbocycles. The van der Waals surface area contributed by atoms with Gasteiger partial charge in [0.25, 0.3) is 0 Å². The summed E-state index contributed by atoms with van der Waals surface area (Å²) in [6.45, 7) is 4.36. The van der Waals surface area contributed by atoms with E-state index in [1.165, 1.54) is 10.9 Å². The van der Waals surface area contributed by atoms with Crippen molar-refractivity contribution in [1.82, 2.24) is 0 Å². The highest BCUT2D eigenvalue weighted by Gasteiger charge is 2.09. The molecule has 1 nitrogen and oxygen atoms in total. The molecule has 0 unspecified atom stereocenters. The minimum atomic E-state index is 0.526. The molecule has 2 rings (SSSR count). The third-order valence-corrected chi connectivity index (χ3v) is 3.42. The Morgan fingerprint density at radius 2 is 2.14 bits per heavy atom. The second kappa shape index (κ2) is 3.43. The van der Waals surface area contributed by atoms with Crippen LogP contribution in [0.15, 0.2) is 23.6 Å². The van der Waals surface area contributed by atoms with Crippen LogP contribution in [0.2, 0.25) is 0 Å². The maximum absolute atomic E-state index is 8.94. The van der Waals surface area contributed by atoms with E-state index in [-0.39, 0.29) is 0 Å². The topological polar surface area (TPSA) is 23.8 Å². The average Bonchev–Trinajstić information content (AvgIpc) is 2.60. The first-order chi connectivity index (χ1) is 6.74. The summed E-state index contributed by atoms with van der Waals surface area (Å²) in [5, 5.41) is 12.3. The van der Waals surface area contributed by atoms with Crippen LogP contribution in [0, 0.1) is 11.3 Å². The number of hydrogen-bond donors (Lipinski definition) is 0. The third kappa shape index (κ3) is 1.30. The van der Waals surface area contributed by atoms with E-state index in [0.717, 1.165) is 10.3 Å². The summed E-state index contributed by atoms with van der Waals surface area (Å²) < 4.78 is 1.12. The monoisotopic (exact) mass is 201 g/mol. The SMILES string of the molecule is CC(C)c1csc2c(C#N)cccc12. The highest BCUT2D eigenvalue weighted by Crippen LogP contribution is 2.32. The van der Waals surface area contributed by atoms with Crippen LogP contribution < -0.4 is 0 Å². The van der Waals surface area contributed by atoms with Gasteiger partial charge in [-0.2, -0.15) is 5.26 Å². The van der Waals surface area contributed by atoms with Gasteiger partial charge >= 0.3 is 0 Å². The predicted molar refractivity (Wildman–Crippen MR) is 60.6 cm³/mol. The molecule has 0 saturated heterocycles. The second-order valence-corrected chi connectivity index (χ2v) is 4.52. The summed E-state index contributed by atoms with van der Waals surface area (Å²) in [7, 11) is 0. The zero-order valence-electron chi connectivity index (χ0n) is 8.24. The Morgan fingerprint density at radius 3 is 2.79 bits per heavy atom. The van der Waals surface area contributed by atoms with Gasteiger partial charge in [0.1, 0.15) is 6.07 Å². The lowest BCUT2D eigenvalue weighted by Gasteiger charge is -2.02. The number of nitrogens with zero attached hydrogens (tertiary/aromatic N) is 1. The Kier molecular flexibility index (Phi) is 2.26. The minimum absolute atomic E-state index is 0.526. The van der Waals surface area contributed by atoms with E-state index in [0.29, 0.717) is 5.92 Å². The molecule has 2 heteroatoms. The predicted octanol–water partition coefficient (Wildman–Crippen LogP) is 3.90. The van der Waals surface area contributed by atoms with Gasteiger partial charge in [0.15, 0.2) is 0 Å². The van der Waals surface area contributed by atoms with Crippen molar-refractivity contribution in [2.75, 3.05) is 0 Å². The molecule has 70 valence electrons. The largest absolute Gasteiger partial charge is 0.192 e. The normalized spacial score (nSPS) is 10.7. The number of nitriles is 1. The molecule has 0 aliphatic heterocycles. The second-order valence-electron chi connectivity index (χ2n) is 3.64. The smallest absolute Gasteiger partial charge is 0.101 e. The lowest BCUT2D eigenvalue weighted by atomic mass is 10.0. The van der Waals surface area contributed by atoms with Crippen molar-refractivity contribution in [2.24, 2.45) is 0 Å². The molecule has 14 heavy (non-hydrogen) atoms. The Balaban J connectivity index is 2.77. The number of benzene rings is 1. The van der Waals surface area contributed by atoms with E-state index in [9.17, 15) is 0 Å². The van der Waals surface area contributed by atoms with Gasteiger partial charge in [0.2, 0.25) is 0 Å². The number of hydrogen-bond acceptors (Lipinski definition) is 2. The molecule has 0 aliphatic rings. The fourth-order valence-electron chi connectivity index (χ4n) is 1.61. The Labute approximate surface area is 87.6 Å². The van der Waals surface area contributed by atoms with Crippen molar-refractivity contribution < 1.29 is 0 Å². The molecule has 1 aromatic heterocycles. The minimum Gasteiger partial charge on any atom is -0.192 e. The fraction of sp³-hybridized carbons (Fsp3) is 0.250. The van der Waals surface area contributed by atoms with Gasteiger partial charge in [-0.3, -0.25) is 0 Å². The average molecular weight is 201 g/mol. The van der Waals surface area contributed by atoms with Gasteiger partial charge in [-0.25, -0.2) is 0 Å². The van der Waals surface area contributed by atoms with Crippen LogP contribution in [0.4, 0.5) is 0 Å². The molecule has 2 aromatic rings. The molecular formula is C12H11NS. The van der Waals surface area contributed by atoms with Gasteiger partial charge in [-0.1, -0.05) is 26.0 Å². The molecule has 0 radical (unpaired) electrons. The molecule has 0 N–H and O–H groups in total. The first kappa shape index (κ1) is 9.23. The van der Waals surface area contributed by atoms with Crippen LogP contribution in [-0.4, -0.2) is 0 Å². The highest BCUT2D eigenvalue weighted by molar-refractivity contribution is 7.17. The summed E-state index contributed by atoms with van der Waals surface area (Å²) in [6, 6.07) is 8.17. The van der Waals surface area contributed by atoms with Crippen LogP contribution in [0.5, 0.6) is 0 Å². The van der Waals surface area contributed by atoms with E-state index in [1.807, 2.05) is 12.1 Å². The molecular weight excluding hydrogens is 190 g/mol. The highest BCUT2D eigenvalue weighted by atomic mass is 32.1. The quantitative estimate of drug-likeness (QED) is 0.686. The summed E-state index contributed by atoms with van der Waals surface area (Å²) in [6.07, 6.45) is 0. The fourth-order valence-corrected chi connectivity index (χ4v) is 2.81. The number of thiophene rings is 1. The van der Waals surface area contributed by atoms with Gasteiger partial charge in [-0.15, -0.1) is 11.3 Å². The van der Waals surface area contributed by atoms with Crippen molar-refractivity contribution in [3.05, 3.63) is 34.7 Å². The van der Waals surface area contributed by atoms with Crippen molar-refractivity contribution in [1.29, 1.82) is 5.26 Å². The van der Waals surface area contributed by atoms with Gasteiger partial charge in [-0.05, 0) is 28.3 Å². The Morgan fingerprint density at radius 1 is 1.36 bits per heavy atom. The van der Waals surface area contributed by atoms with Crippen LogP contribution in [0.25, 0.3) is 10.1 Å². The zero-order chi connectivity index (χ0) is 10.1. The van der Waals surface area contributed by atoms with Crippen LogP contribution in [-0.2, 0) is 0 Å². The van der Waals surface area contributed by atoms with Gasteiger partial charge in [0.05, 0.1) is 10.3 Å². The van der Waals surface area contributed by atoms with Crippen LogP contribution in [0.1, 0.15) is 30.9 Å². The van der Waals surface area contributed by atoms with E-state index in [1.54, 1.807) is 11.3 Å². The van der Waals surface area contributed by atoms with E-state index in [4.69, 9.17) is 5.26 Å². The van der Waals surface area contributed by atoms with E-state index >= 15 is 0 Å². The molecule has 0 aliphatic carbocycles. The molecule has 0 bridgehead atoms. The molecule has 1 heterocycles. The summed E-state index contributed by atoms with van der Waals surface area (Å²) >= 11 is 1.67. The Hall–Kier alpha value is -1.33. The first-order valence-electron chi connectivity index (χ1n) is 4.64. The van der Waals surface area contributed by atoms with Crippen LogP contribution >= 0.6 is 11.3 Å². The van der Waals surface area contributed by atoms with E-state index < -0.39 is 0 Å². The number of rotatable bonds is 1. The maximum atomic E-state index is 8.94. The van der Waals surface area contributed by atoms with E-state index in [2.05, 4.69) is 31.4 Å². The Bertz CT molecular complexity index is 503. The maximum Gasteiger partial charge on any atom is 0.101 e. The molecule has 1 aromatic carbocycles. The molecule has 0 atom stereocenters. The number of fused-ring (bicyclic) bond motifs is 1. The summed E-state index contributed by atoms with van der Waals surface area (Å²) in [4.78, 5) is 0. The van der Waals surface area contributed by atoms with Crippen molar-refractivity contribution in [2.45, 2.75) is 19.8 Å². The lowest BCUT2D eigenvalue weighted by Crippen LogP contribution is -1.83. The summed E-state index contributed by atoms with van der Waals surface area (Å²) in [5.41, 5.74) is 2.14. The molecule has 0 amide bonds. The van der Waals surface area contributed by atoms with Gasteiger partial charge in [0, 0.05) is 0 Å². The first-order valence-corrected chi connectivity index (χ1v) is 5.52. The van der Waals surface area contributed by atoms with Crippen molar-refractivity contribution in [3.63, 3.8) is 0 Å². The summed E-state index contributed by atoms with van der Waals surface area (Å²) in [5.74, 6) is 0.526. The van der Waals surface area contributed by atoms with Crippen molar-refractivity contribution >= 4 is 21.4 Å². The standard InChI is InChI=1S/C12H11NS/c1-8(2)11-7-14-12-9(6-13)4-3-5-10(11)12/h3-5,7-8H,1-2H3. The molecule has 0 spiro atoms. The lowest BCUT2D eigenvalue weighted by molar-refractivity contribution is 0.880. The van der Waals surface area contributed by atoms with Gasteiger partial charge < -0.3 is 0 Å². The third-order valence-electron chi connectivity index (χ3n) is 2.37. The zero-order valence-corrected chi connectivity index (χ0v) is 9.06.